The first-order valence-corrected chi connectivity index (χ1v) is 11.0. The maximum atomic E-state index is 12.1. The van der Waals surface area contributed by atoms with E-state index in [9.17, 15) is 4.79 Å². The summed E-state index contributed by atoms with van der Waals surface area (Å²) in [7, 11) is 0. The SMILES string of the molecule is C=CCn1c(SCc2nc(C(C)(C)NC(=O)OC(C)(C)C)no2)nnc1-c1ccoc1C. The van der Waals surface area contributed by atoms with Crippen LogP contribution in [0.1, 0.15) is 52.1 Å². The fourth-order valence-corrected chi connectivity index (χ4v) is 3.60. The van der Waals surface area contributed by atoms with Gasteiger partial charge in [0.1, 0.15) is 16.9 Å². The predicted molar refractivity (Wildman–Crippen MR) is 119 cm³/mol. The molecule has 0 spiro atoms. The van der Waals surface area contributed by atoms with E-state index in [-0.39, 0.29) is 0 Å². The molecule has 0 atom stereocenters. The summed E-state index contributed by atoms with van der Waals surface area (Å²) >= 11 is 1.41. The molecule has 11 heteroatoms. The summed E-state index contributed by atoms with van der Waals surface area (Å²) in [4.78, 5) is 16.6. The number of amides is 1. The number of ether oxygens (including phenoxy) is 1. The third kappa shape index (κ3) is 5.58. The van der Waals surface area contributed by atoms with E-state index < -0.39 is 17.2 Å². The molecule has 0 bridgehead atoms. The van der Waals surface area contributed by atoms with E-state index in [1.807, 2.05) is 17.6 Å². The van der Waals surface area contributed by atoms with Gasteiger partial charge in [-0.3, -0.25) is 4.57 Å². The first kappa shape index (κ1) is 23.6. The summed E-state index contributed by atoms with van der Waals surface area (Å²) < 4.78 is 18.0. The fourth-order valence-electron chi connectivity index (χ4n) is 2.81. The molecule has 3 heterocycles. The molecule has 3 aromatic rings. The Morgan fingerprint density at radius 2 is 2.06 bits per heavy atom. The largest absolute Gasteiger partial charge is 0.469 e. The highest BCUT2D eigenvalue weighted by Crippen LogP contribution is 2.29. The van der Waals surface area contributed by atoms with Gasteiger partial charge in [-0.05, 0) is 47.6 Å². The van der Waals surface area contributed by atoms with Crippen LogP contribution >= 0.6 is 11.8 Å². The number of nitrogens with one attached hydrogen (secondary N) is 1. The number of hydrogen-bond donors (Lipinski definition) is 1. The second-order valence-corrected chi connectivity index (χ2v) is 9.59. The zero-order valence-corrected chi connectivity index (χ0v) is 19.9. The number of thioether (sulfide) groups is 1. The van der Waals surface area contributed by atoms with Gasteiger partial charge < -0.3 is 19.0 Å². The first-order chi connectivity index (χ1) is 15.0. The third-order valence-corrected chi connectivity index (χ3v) is 5.25. The van der Waals surface area contributed by atoms with Crippen LogP contribution in [0.5, 0.6) is 0 Å². The highest BCUT2D eigenvalue weighted by Gasteiger charge is 2.31. The zero-order chi connectivity index (χ0) is 23.5. The number of carbonyl (C=O) groups is 1. The molecule has 0 radical (unpaired) electrons. The van der Waals surface area contributed by atoms with Crippen molar-refractivity contribution in [3.63, 3.8) is 0 Å². The smallest absolute Gasteiger partial charge is 0.408 e. The molecule has 0 fully saturated rings. The van der Waals surface area contributed by atoms with Crippen LogP contribution in [0.25, 0.3) is 11.4 Å². The van der Waals surface area contributed by atoms with E-state index in [1.54, 1.807) is 47.0 Å². The minimum absolute atomic E-state index is 0.348. The molecule has 1 N–H and O–H groups in total. The summed E-state index contributed by atoms with van der Waals surface area (Å²) in [5, 5.41) is 16.1. The van der Waals surface area contributed by atoms with Gasteiger partial charge in [0.15, 0.2) is 16.8 Å². The molecular formula is C21H28N6O4S. The number of carbonyl (C=O) groups excluding carboxylic acids is 1. The molecule has 3 aromatic heterocycles. The molecule has 172 valence electrons. The van der Waals surface area contributed by atoms with Crippen LogP contribution in [0.4, 0.5) is 4.79 Å². The lowest BCUT2D eigenvalue weighted by Crippen LogP contribution is -2.44. The van der Waals surface area contributed by atoms with Crippen LogP contribution < -0.4 is 5.32 Å². The molecule has 0 saturated heterocycles. The lowest BCUT2D eigenvalue weighted by atomic mass is 10.1. The van der Waals surface area contributed by atoms with Crippen molar-refractivity contribution in [1.82, 2.24) is 30.2 Å². The summed E-state index contributed by atoms with van der Waals surface area (Å²) in [5.74, 6) is 2.60. The highest BCUT2D eigenvalue weighted by molar-refractivity contribution is 7.98. The molecule has 32 heavy (non-hydrogen) atoms. The molecule has 1 amide bonds. The van der Waals surface area contributed by atoms with Crippen LogP contribution in [0.3, 0.4) is 0 Å². The van der Waals surface area contributed by atoms with Gasteiger partial charge in [-0.2, -0.15) is 4.98 Å². The zero-order valence-electron chi connectivity index (χ0n) is 19.1. The van der Waals surface area contributed by atoms with Gasteiger partial charge in [0, 0.05) is 6.54 Å². The van der Waals surface area contributed by atoms with Crippen LogP contribution in [0, 0.1) is 6.92 Å². The van der Waals surface area contributed by atoms with Gasteiger partial charge in [0.2, 0.25) is 5.89 Å². The monoisotopic (exact) mass is 460 g/mol. The van der Waals surface area contributed by atoms with Crippen molar-refractivity contribution < 1.29 is 18.5 Å². The molecule has 0 unspecified atom stereocenters. The molecule has 10 nitrogen and oxygen atoms in total. The number of nitrogens with zero attached hydrogens (tertiary/aromatic N) is 5. The van der Waals surface area contributed by atoms with Crippen molar-refractivity contribution >= 4 is 17.9 Å². The fraction of sp³-hybridized carbons (Fsp3) is 0.476. The van der Waals surface area contributed by atoms with Crippen LogP contribution in [-0.4, -0.2) is 36.6 Å². The van der Waals surface area contributed by atoms with Gasteiger partial charge in [-0.15, -0.1) is 16.8 Å². The third-order valence-electron chi connectivity index (χ3n) is 4.29. The number of rotatable bonds is 8. The average Bonchev–Trinajstić information content (AvgIpc) is 3.38. The normalized spacial score (nSPS) is 12.1. The van der Waals surface area contributed by atoms with E-state index in [0.717, 1.165) is 11.3 Å². The Morgan fingerprint density at radius 3 is 2.69 bits per heavy atom. The summed E-state index contributed by atoms with van der Waals surface area (Å²) in [5.41, 5.74) is -0.598. The Morgan fingerprint density at radius 1 is 1.31 bits per heavy atom. The first-order valence-electron chi connectivity index (χ1n) is 10.1. The number of alkyl carbamates (subject to hydrolysis) is 1. The van der Waals surface area contributed by atoms with E-state index in [1.165, 1.54) is 11.8 Å². The Kier molecular flexibility index (Phi) is 6.77. The maximum absolute atomic E-state index is 12.1. The van der Waals surface area contributed by atoms with Crippen molar-refractivity contribution in [3.05, 3.63) is 42.5 Å². The second-order valence-electron chi connectivity index (χ2n) is 8.65. The lowest BCUT2D eigenvalue weighted by molar-refractivity contribution is 0.0465. The second kappa shape index (κ2) is 9.19. The minimum atomic E-state index is -0.871. The molecule has 0 aromatic carbocycles. The van der Waals surface area contributed by atoms with Crippen molar-refractivity contribution in [1.29, 1.82) is 0 Å². The minimum Gasteiger partial charge on any atom is -0.469 e. The quantitative estimate of drug-likeness (QED) is 0.383. The number of hydrogen-bond acceptors (Lipinski definition) is 9. The Bertz CT molecular complexity index is 1090. The average molecular weight is 461 g/mol. The van der Waals surface area contributed by atoms with Crippen molar-refractivity contribution in [2.75, 3.05) is 0 Å². The van der Waals surface area contributed by atoms with Crippen molar-refractivity contribution in [3.8, 4) is 11.4 Å². The number of aromatic nitrogens is 5. The Hall–Kier alpha value is -3.08. The van der Waals surface area contributed by atoms with Gasteiger partial charge >= 0.3 is 6.09 Å². The number of allylic oxidation sites excluding steroid dienone is 1. The van der Waals surface area contributed by atoms with E-state index >= 15 is 0 Å². The maximum Gasteiger partial charge on any atom is 0.408 e. The predicted octanol–water partition coefficient (Wildman–Crippen LogP) is 4.47. The molecule has 3 rings (SSSR count). The van der Waals surface area contributed by atoms with Crippen molar-refractivity contribution in [2.45, 2.75) is 70.1 Å². The van der Waals surface area contributed by atoms with Gasteiger partial charge in [-0.1, -0.05) is 23.0 Å². The van der Waals surface area contributed by atoms with Crippen LogP contribution in [0.2, 0.25) is 0 Å². The Labute approximate surface area is 190 Å². The molecule has 0 aliphatic rings. The molecule has 0 aliphatic carbocycles. The highest BCUT2D eigenvalue weighted by atomic mass is 32.2. The standard InChI is InChI=1S/C21H28N6O4S/c1-8-10-27-16(14-9-11-29-13(14)2)24-25-18(27)32-12-15-22-17(26-31-15)21(6,7)23-19(28)30-20(3,4)5/h8-9,11H,1,10,12H2,2-7H3,(H,23,28). The molecular weight excluding hydrogens is 432 g/mol. The molecule has 0 aliphatic heterocycles. The number of furan rings is 1. The molecule has 0 saturated carbocycles. The summed E-state index contributed by atoms with van der Waals surface area (Å²) in [6.07, 6.45) is 2.85. The van der Waals surface area contributed by atoms with E-state index in [0.29, 0.717) is 35.0 Å². The Balaban J connectivity index is 1.70. The lowest BCUT2D eigenvalue weighted by Gasteiger charge is -2.26. The van der Waals surface area contributed by atoms with Crippen LogP contribution in [-0.2, 0) is 22.6 Å². The van der Waals surface area contributed by atoms with Gasteiger partial charge in [-0.25, -0.2) is 4.79 Å². The topological polar surface area (TPSA) is 121 Å². The summed E-state index contributed by atoms with van der Waals surface area (Å²) in [6, 6.07) is 1.86. The number of aryl methyl sites for hydroxylation is 1. The summed E-state index contributed by atoms with van der Waals surface area (Å²) in [6.45, 7) is 15.2. The van der Waals surface area contributed by atoms with E-state index in [2.05, 4.69) is 32.2 Å². The van der Waals surface area contributed by atoms with Crippen molar-refractivity contribution in [2.24, 2.45) is 0 Å². The van der Waals surface area contributed by atoms with Gasteiger partial charge in [0.25, 0.3) is 0 Å². The van der Waals surface area contributed by atoms with Crippen LogP contribution in [0.15, 0.2) is 39.1 Å². The van der Waals surface area contributed by atoms with Gasteiger partial charge in [0.05, 0.1) is 17.6 Å². The van der Waals surface area contributed by atoms with E-state index in [4.69, 9.17) is 13.7 Å².